The van der Waals surface area contributed by atoms with Gasteiger partial charge < -0.3 is 11.1 Å². The van der Waals surface area contributed by atoms with E-state index in [0.29, 0.717) is 17.8 Å². The second kappa shape index (κ2) is 6.78. The molecule has 0 saturated carbocycles. The lowest BCUT2D eigenvalue weighted by Gasteiger charge is -2.08. The van der Waals surface area contributed by atoms with E-state index in [4.69, 9.17) is 5.73 Å². The van der Waals surface area contributed by atoms with Crippen LogP contribution in [0.3, 0.4) is 0 Å². The Morgan fingerprint density at radius 2 is 2.21 bits per heavy atom. The molecule has 1 amide bonds. The number of nitrogens with two attached hydrogens (primary N) is 1. The van der Waals surface area contributed by atoms with E-state index in [2.05, 4.69) is 23.5 Å². The molecule has 1 aliphatic rings. The van der Waals surface area contributed by atoms with Crippen LogP contribution in [0.5, 0.6) is 0 Å². The smallest absolute Gasteiger partial charge is 0.251 e. The highest BCUT2D eigenvalue weighted by molar-refractivity contribution is 5.94. The number of benzene rings is 1. The molecule has 0 radical (unpaired) electrons. The van der Waals surface area contributed by atoms with Gasteiger partial charge in [0.05, 0.1) is 0 Å². The third-order valence-corrected chi connectivity index (χ3v) is 3.15. The molecule has 0 fully saturated rings. The molecule has 3 N–H and O–H groups in total. The summed E-state index contributed by atoms with van der Waals surface area (Å²) in [6, 6.07) is 7.04. The average Bonchev–Trinajstić information content (AvgIpc) is 2.44. The number of hydrogen-bond acceptors (Lipinski definition) is 2. The summed E-state index contributed by atoms with van der Waals surface area (Å²) in [5, 5.41) is 2.92. The quantitative estimate of drug-likeness (QED) is 0.628. The molecule has 0 aromatic heterocycles. The fourth-order valence-electron chi connectivity index (χ4n) is 2.13. The van der Waals surface area contributed by atoms with Crippen molar-refractivity contribution in [3.05, 3.63) is 53.6 Å². The van der Waals surface area contributed by atoms with E-state index < -0.39 is 0 Å². The first-order valence-corrected chi connectivity index (χ1v) is 6.75. The van der Waals surface area contributed by atoms with Crippen LogP contribution >= 0.6 is 0 Å². The summed E-state index contributed by atoms with van der Waals surface area (Å²) >= 11 is 0. The third-order valence-electron chi connectivity index (χ3n) is 3.15. The Kier molecular flexibility index (Phi) is 4.78. The molecule has 0 saturated heterocycles. The molecule has 0 heterocycles. The summed E-state index contributed by atoms with van der Waals surface area (Å²) in [6.45, 7) is 0.693. The van der Waals surface area contributed by atoms with Crippen molar-refractivity contribution in [1.82, 2.24) is 5.32 Å². The molecule has 0 bridgehead atoms. The number of rotatable bonds is 5. The van der Waals surface area contributed by atoms with E-state index in [1.807, 2.05) is 0 Å². The monoisotopic (exact) mass is 256 g/mol. The molecule has 0 spiro atoms. The van der Waals surface area contributed by atoms with Crippen LogP contribution in [0.15, 0.2) is 48.1 Å². The number of anilines is 1. The number of allylic oxidation sites excluding steroid dienone is 4. The van der Waals surface area contributed by atoms with Crippen molar-refractivity contribution in [1.29, 1.82) is 0 Å². The molecule has 19 heavy (non-hydrogen) atoms. The number of nitrogens with one attached hydrogen (secondary N) is 1. The van der Waals surface area contributed by atoms with Crippen LogP contribution in [0.1, 0.15) is 36.0 Å². The Hall–Kier alpha value is -2.03. The highest BCUT2D eigenvalue weighted by atomic mass is 16.1. The van der Waals surface area contributed by atoms with Gasteiger partial charge >= 0.3 is 0 Å². The van der Waals surface area contributed by atoms with E-state index in [9.17, 15) is 4.79 Å². The van der Waals surface area contributed by atoms with Gasteiger partial charge in [0, 0.05) is 17.8 Å². The zero-order valence-corrected chi connectivity index (χ0v) is 11.1. The van der Waals surface area contributed by atoms with Gasteiger partial charge in [-0.3, -0.25) is 4.79 Å². The fourth-order valence-corrected chi connectivity index (χ4v) is 2.13. The summed E-state index contributed by atoms with van der Waals surface area (Å²) < 4.78 is 0. The van der Waals surface area contributed by atoms with Crippen molar-refractivity contribution in [2.24, 2.45) is 0 Å². The normalized spacial score (nSPS) is 14.0. The zero-order valence-electron chi connectivity index (χ0n) is 11.1. The SMILES string of the molecule is Nc1cccc(C(=O)NCCCC2=CCCC=C2)c1. The van der Waals surface area contributed by atoms with Gasteiger partial charge in [0.15, 0.2) is 0 Å². The van der Waals surface area contributed by atoms with Gasteiger partial charge in [0.1, 0.15) is 0 Å². The van der Waals surface area contributed by atoms with Crippen LogP contribution in [-0.2, 0) is 0 Å². The minimum Gasteiger partial charge on any atom is -0.399 e. The first-order valence-electron chi connectivity index (χ1n) is 6.75. The van der Waals surface area contributed by atoms with E-state index in [0.717, 1.165) is 25.7 Å². The van der Waals surface area contributed by atoms with E-state index in [1.165, 1.54) is 5.57 Å². The lowest BCUT2D eigenvalue weighted by molar-refractivity contribution is 0.0953. The second-order valence-corrected chi connectivity index (χ2v) is 4.74. The minimum absolute atomic E-state index is 0.0551. The Bertz CT molecular complexity index is 503. The molecule has 100 valence electrons. The van der Waals surface area contributed by atoms with Crippen LogP contribution < -0.4 is 11.1 Å². The Morgan fingerprint density at radius 1 is 1.32 bits per heavy atom. The Labute approximate surface area is 114 Å². The molecular weight excluding hydrogens is 236 g/mol. The molecule has 1 aromatic carbocycles. The Balaban J connectivity index is 1.72. The summed E-state index contributed by atoms with van der Waals surface area (Å²) in [4.78, 5) is 11.9. The number of nitrogen functional groups attached to an aromatic ring is 1. The van der Waals surface area contributed by atoms with Crippen molar-refractivity contribution >= 4 is 11.6 Å². The lowest BCUT2D eigenvalue weighted by Crippen LogP contribution is -2.24. The number of carbonyl (C=O) groups is 1. The predicted molar refractivity (Wildman–Crippen MR) is 78.9 cm³/mol. The average molecular weight is 256 g/mol. The molecule has 0 aliphatic heterocycles. The summed E-state index contributed by atoms with van der Waals surface area (Å²) in [5.41, 5.74) is 8.27. The fraction of sp³-hybridized carbons (Fsp3) is 0.312. The molecule has 0 unspecified atom stereocenters. The first-order chi connectivity index (χ1) is 9.25. The van der Waals surface area contributed by atoms with Crippen LogP contribution in [0, 0.1) is 0 Å². The van der Waals surface area contributed by atoms with Gasteiger partial charge in [-0.2, -0.15) is 0 Å². The summed E-state index contributed by atoms with van der Waals surface area (Å²) in [6.07, 6.45) is 10.9. The summed E-state index contributed by atoms with van der Waals surface area (Å²) in [7, 11) is 0. The lowest BCUT2D eigenvalue weighted by atomic mass is 10.0. The highest BCUT2D eigenvalue weighted by Gasteiger charge is 2.04. The van der Waals surface area contributed by atoms with E-state index in [1.54, 1.807) is 24.3 Å². The van der Waals surface area contributed by atoms with E-state index in [-0.39, 0.29) is 5.91 Å². The van der Waals surface area contributed by atoms with E-state index >= 15 is 0 Å². The topological polar surface area (TPSA) is 55.1 Å². The van der Waals surface area contributed by atoms with Crippen molar-refractivity contribution in [2.45, 2.75) is 25.7 Å². The minimum atomic E-state index is -0.0551. The zero-order chi connectivity index (χ0) is 13.5. The van der Waals surface area contributed by atoms with Crippen molar-refractivity contribution < 1.29 is 4.79 Å². The number of carbonyl (C=O) groups excluding carboxylic acids is 1. The molecule has 0 atom stereocenters. The molecule has 3 heteroatoms. The van der Waals surface area contributed by atoms with Gasteiger partial charge in [-0.1, -0.05) is 29.9 Å². The van der Waals surface area contributed by atoms with Crippen LogP contribution in [0.25, 0.3) is 0 Å². The largest absolute Gasteiger partial charge is 0.399 e. The van der Waals surface area contributed by atoms with Crippen LogP contribution in [0.2, 0.25) is 0 Å². The van der Waals surface area contributed by atoms with Crippen molar-refractivity contribution in [3.63, 3.8) is 0 Å². The third kappa shape index (κ3) is 4.28. The maximum atomic E-state index is 11.9. The standard InChI is InChI=1S/C16H20N2O/c17-15-10-4-9-14(12-15)16(19)18-11-5-8-13-6-2-1-3-7-13/h2,4,6-7,9-10,12H,1,3,5,8,11,17H2,(H,18,19). The molecular formula is C16H20N2O. The van der Waals surface area contributed by atoms with Gasteiger partial charge in [-0.15, -0.1) is 0 Å². The van der Waals surface area contributed by atoms with Gasteiger partial charge in [0.25, 0.3) is 5.91 Å². The maximum Gasteiger partial charge on any atom is 0.251 e. The van der Waals surface area contributed by atoms with Crippen LogP contribution in [-0.4, -0.2) is 12.5 Å². The van der Waals surface area contributed by atoms with Gasteiger partial charge in [-0.25, -0.2) is 0 Å². The predicted octanol–water partition coefficient (Wildman–Crippen LogP) is 3.06. The molecule has 2 rings (SSSR count). The first kappa shape index (κ1) is 13.4. The maximum absolute atomic E-state index is 11.9. The number of hydrogen-bond donors (Lipinski definition) is 2. The number of amides is 1. The second-order valence-electron chi connectivity index (χ2n) is 4.74. The summed E-state index contributed by atoms with van der Waals surface area (Å²) in [5.74, 6) is -0.0551. The van der Waals surface area contributed by atoms with Crippen molar-refractivity contribution in [2.75, 3.05) is 12.3 Å². The molecule has 1 aromatic rings. The highest BCUT2D eigenvalue weighted by Crippen LogP contribution is 2.14. The molecule has 3 nitrogen and oxygen atoms in total. The van der Waals surface area contributed by atoms with Crippen molar-refractivity contribution in [3.8, 4) is 0 Å². The van der Waals surface area contributed by atoms with Gasteiger partial charge in [0.2, 0.25) is 0 Å². The van der Waals surface area contributed by atoms with Gasteiger partial charge in [-0.05, 0) is 43.9 Å². The Morgan fingerprint density at radius 3 is 2.95 bits per heavy atom. The van der Waals surface area contributed by atoms with Crippen LogP contribution in [0.4, 0.5) is 5.69 Å². The molecule has 1 aliphatic carbocycles.